The first kappa shape index (κ1) is 12.1. The molecule has 2 atom stereocenters. The van der Waals surface area contributed by atoms with Gasteiger partial charge >= 0.3 is 0 Å². The number of sulfone groups is 1. The van der Waals surface area contributed by atoms with Crippen molar-refractivity contribution in [2.75, 3.05) is 11.5 Å². The summed E-state index contributed by atoms with van der Waals surface area (Å²) in [6.07, 6.45) is 3.70. The Bertz CT molecular complexity index is 495. The fraction of sp³-hybridized carbons (Fsp3) is 0.600. The van der Waals surface area contributed by atoms with E-state index in [1.165, 1.54) is 0 Å². The fourth-order valence-electron chi connectivity index (χ4n) is 1.92. The first-order valence-corrected chi connectivity index (χ1v) is 7.30. The number of carbonyl (C=O) groups excluding carboxylic acids is 1. The molecule has 0 aromatic carbocycles. The van der Waals surface area contributed by atoms with Crippen molar-refractivity contribution in [3.8, 4) is 0 Å². The van der Waals surface area contributed by atoms with Gasteiger partial charge < -0.3 is 10.3 Å². The summed E-state index contributed by atoms with van der Waals surface area (Å²) < 4.78 is 22.5. The van der Waals surface area contributed by atoms with E-state index in [4.69, 9.17) is 0 Å². The summed E-state index contributed by atoms with van der Waals surface area (Å²) in [5.74, 6) is 0.107. The van der Waals surface area contributed by atoms with E-state index in [0.717, 1.165) is 0 Å². The number of aromatic amines is 1. The van der Waals surface area contributed by atoms with Crippen LogP contribution in [0.1, 0.15) is 25.2 Å². The number of carbonyl (C=O) groups is 1. The molecular formula is C10H15N3O3S. The molecule has 2 heterocycles. The van der Waals surface area contributed by atoms with Crippen LogP contribution in [0.2, 0.25) is 0 Å². The minimum absolute atomic E-state index is 0.0380. The van der Waals surface area contributed by atoms with Gasteiger partial charge in [0.15, 0.2) is 9.84 Å². The van der Waals surface area contributed by atoms with Crippen LogP contribution in [-0.4, -0.2) is 35.8 Å². The summed E-state index contributed by atoms with van der Waals surface area (Å²) in [5.41, 5.74) is 0. The summed E-state index contributed by atoms with van der Waals surface area (Å²) in [6.45, 7) is 1.81. The lowest BCUT2D eigenvalue weighted by atomic mass is 10.1. The predicted molar refractivity (Wildman–Crippen MR) is 61.9 cm³/mol. The molecule has 1 fully saturated rings. The molecule has 1 saturated heterocycles. The maximum Gasteiger partial charge on any atom is 0.224 e. The second-order valence-corrected chi connectivity index (χ2v) is 6.53. The van der Waals surface area contributed by atoms with Crippen molar-refractivity contribution in [3.63, 3.8) is 0 Å². The lowest BCUT2D eigenvalue weighted by molar-refractivity contribution is -0.124. The van der Waals surface area contributed by atoms with Gasteiger partial charge in [-0.3, -0.25) is 4.79 Å². The average Bonchev–Trinajstić information content (AvgIpc) is 2.86. The third kappa shape index (κ3) is 2.85. The Hall–Kier alpha value is -1.37. The molecule has 17 heavy (non-hydrogen) atoms. The van der Waals surface area contributed by atoms with Gasteiger partial charge in [-0.15, -0.1) is 0 Å². The lowest BCUT2D eigenvalue weighted by Gasteiger charge is -2.14. The predicted octanol–water partition coefficient (Wildman–Crippen LogP) is 0.0216. The topological polar surface area (TPSA) is 91.9 Å². The minimum atomic E-state index is -3.01. The van der Waals surface area contributed by atoms with E-state index in [-0.39, 0.29) is 23.5 Å². The molecule has 0 saturated carbocycles. The second kappa shape index (κ2) is 4.48. The van der Waals surface area contributed by atoms with Gasteiger partial charge in [0, 0.05) is 12.4 Å². The molecule has 0 aliphatic carbocycles. The van der Waals surface area contributed by atoms with Crippen molar-refractivity contribution in [1.82, 2.24) is 15.3 Å². The highest BCUT2D eigenvalue weighted by Crippen LogP contribution is 2.19. The van der Waals surface area contributed by atoms with Crippen LogP contribution < -0.4 is 5.32 Å². The van der Waals surface area contributed by atoms with Gasteiger partial charge in [-0.2, -0.15) is 0 Å². The zero-order valence-corrected chi connectivity index (χ0v) is 10.3. The third-order valence-corrected chi connectivity index (χ3v) is 4.66. The quantitative estimate of drug-likeness (QED) is 0.798. The standard InChI is InChI=1S/C10H15N3O3S/c1-7(9-11-3-4-12-9)13-10(14)8-2-5-17(15,16)6-8/h3-4,7-8H,2,5-6H2,1H3,(H,11,12)(H,13,14). The number of amides is 1. The summed E-state index contributed by atoms with van der Waals surface area (Å²) >= 11 is 0. The van der Waals surface area contributed by atoms with E-state index in [2.05, 4.69) is 15.3 Å². The van der Waals surface area contributed by atoms with E-state index >= 15 is 0 Å². The average molecular weight is 257 g/mol. The van der Waals surface area contributed by atoms with E-state index in [1.807, 2.05) is 0 Å². The van der Waals surface area contributed by atoms with Crippen LogP contribution in [0, 0.1) is 5.92 Å². The second-order valence-electron chi connectivity index (χ2n) is 4.30. The molecule has 1 amide bonds. The molecule has 6 nitrogen and oxygen atoms in total. The van der Waals surface area contributed by atoms with E-state index in [0.29, 0.717) is 12.2 Å². The fourth-order valence-corrected chi connectivity index (χ4v) is 3.66. The SMILES string of the molecule is CC(NC(=O)C1CCS(=O)(=O)C1)c1ncc[nH]1. The van der Waals surface area contributed by atoms with Crippen LogP contribution in [0.3, 0.4) is 0 Å². The number of aromatic nitrogens is 2. The molecule has 2 rings (SSSR count). The normalized spacial score (nSPS) is 24.4. The number of nitrogens with zero attached hydrogens (tertiary/aromatic N) is 1. The Labute approximate surface area is 99.7 Å². The van der Waals surface area contributed by atoms with E-state index < -0.39 is 15.8 Å². The first-order valence-electron chi connectivity index (χ1n) is 5.48. The molecule has 0 spiro atoms. The highest BCUT2D eigenvalue weighted by atomic mass is 32.2. The summed E-state index contributed by atoms with van der Waals surface area (Å²) in [6, 6.07) is -0.235. The number of imidazole rings is 1. The van der Waals surface area contributed by atoms with Crippen molar-refractivity contribution >= 4 is 15.7 Å². The van der Waals surface area contributed by atoms with Crippen LogP contribution in [-0.2, 0) is 14.6 Å². The molecule has 1 aromatic rings. The largest absolute Gasteiger partial charge is 0.347 e. The Morgan fingerprint density at radius 2 is 2.41 bits per heavy atom. The van der Waals surface area contributed by atoms with Crippen molar-refractivity contribution < 1.29 is 13.2 Å². The molecule has 0 radical (unpaired) electrons. The van der Waals surface area contributed by atoms with Crippen LogP contribution in [0.15, 0.2) is 12.4 Å². The molecular weight excluding hydrogens is 242 g/mol. The summed E-state index contributed by atoms with van der Waals surface area (Å²) in [7, 11) is -3.01. The van der Waals surface area contributed by atoms with Crippen LogP contribution >= 0.6 is 0 Å². The zero-order chi connectivity index (χ0) is 12.5. The monoisotopic (exact) mass is 257 g/mol. The summed E-state index contributed by atoms with van der Waals surface area (Å²) in [5, 5.41) is 2.76. The van der Waals surface area contributed by atoms with Crippen molar-refractivity contribution in [1.29, 1.82) is 0 Å². The third-order valence-electron chi connectivity index (χ3n) is 2.89. The highest BCUT2D eigenvalue weighted by Gasteiger charge is 2.33. The molecule has 1 aromatic heterocycles. The molecule has 94 valence electrons. The van der Waals surface area contributed by atoms with Crippen LogP contribution in [0.5, 0.6) is 0 Å². The van der Waals surface area contributed by atoms with Gasteiger partial charge in [-0.25, -0.2) is 13.4 Å². The summed E-state index contributed by atoms with van der Waals surface area (Å²) in [4.78, 5) is 18.8. The lowest BCUT2D eigenvalue weighted by Crippen LogP contribution is -2.33. The molecule has 1 aliphatic rings. The van der Waals surface area contributed by atoms with Gasteiger partial charge in [-0.05, 0) is 13.3 Å². The first-order chi connectivity index (χ1) is 7.98. The maximum atomic E-state index is 11.8. The van der Waals surface area contributed by atoms with Gasteiger partial charge in [0.25, 0.3) is 0 Å². The minimum Gasteiger partial charge on any atom is -0.347 e. The molecule has 0 bridgehead atoms. The zero-order valence-electron chi connectivity index (χ0n) is 9.51. The number of hydrogen-bond donors (Lipinski definition) is 2. The Balaban J connectivity index is 1.94. The van der Waals surface area contributed by atoms with Gasteiger partial charge in [0.2, 0.25) is 5.91 Å². The van der Waals surface area contributed by atoms with Gasteiger partial charge in [-0.1, -0.05) is 0 Å². The number of nitrogens with one attached hydrogen (secondary N) is 2. The van der Waals surface area contributed by atoms with E-state index in [9.17, 15) is 13.2 Å². The van der Waals surface area contributed by atoms with Gasteiger partial charge in [0.1, 0.15) is 5.82 Å². The van der Waals surface area contributed by atoms with Crippen molar-refractivity contribution in [3.05, 3.63) is 18.2 Å². The molecule has 2 unspecified atom stereocenters. The smallest absolute Gasteiger partial charge is 0.224 e. The maximum absolute atomic E-state index is 11.8. The number of H-pyrrole nitrogens is 1. The molecule has 2 N–H and O–H groups in total. The molecule has 1 aliphatic heterocycles. The number of rotatable bonds is 3. The van der Waals surface area contributed by atoms with Crippen LogP contribution in [0.25, 0.3) is 0 Å². The van der Waals surface area contributed by atoms with Crippen molar-refractivity contribution in [2.45, 2.75) is 19.4 Å². The Morgan fingerprint density at radius 1 is 1.65 bits per heavy atom. The molecule has 7 heteroatoms. The van der Waals surface area contributed by atoms with Crippen molar-refractivity contribution in [2.24, 2.45) is 5.92 Å². The Kier molecular flexibility index (Phi) is 3.19. The van der Waals surface area contributed by atoms with E-state index in [1.54, 1.807) is 19.3 Å². The van der Waals surface area contributed by atoms with Crippen LogP contribution in [0.4, 0.5) is 0 Å². The highest BCUT2D eigenvalue weighted by molar-refractivity contribution is 7.91. The van der Waals surface area contributed by atoms with Gasteiger partial charge in [0.05, 0.1) is 23.5 Å². The Morgan fingerprint density at radius 3 is 2.94 bits per heavy atom. The number of hydrogen-bond acceptors (Lipinski definition) is 4.